The van der Waals surface area contributed by atoms with Gasteiger partial charge < -0.3 is 20.8 Å². The molecule has 2 rings (SSSR count). The number of nitrogen functional groups attached to an aromatic ring is 1. The van der Waals surface area contributed by atoms with Crippen LogP contribution in [0.5, 0.6) is 0 Å². The van der Waals surface area contributed by atoms with E-state index in [4.69, 9.17) is 10.5 Å². The molecule has 0 radical (unpaired) electrons. The maximum absolute atomic E-state index is 12.2. The van der Waals surface area contributed by atoms with Crippen LogP contribution in [0.15, 0.2) is 29.2 Å². The van der Waals surface area contributed by atoms with Crippen LogP contribution >= 0.6 is 0 Å². The first-order chi connectivity index (χ1) is 12.0. The predicted octanol–water partition coefficient (Wildman–Crippen LogP) is 3.19. The molecule has 8 heteroatoms. The van der Waals surface area contributed by atoms with Gasteiger partial charge in [-0.15, -0.1) is 0 Å². The summed E-state index contributed by atoms with van der Waals surface area (Å²) in [5, 5.41) is 5.60. The number of nitrogens with zero attached hydrogens (tertiary/aromatic N) is 1. The summed E-state index contributed by atoms with van der Waals surface area (Å²) < 4.78 is 5.23. The normalized spacial score (nSPS) is 11.3. The molecule has 5 N–H and O–H groups in total. The SMILES string of the molecule is CC(C)Nc1ncc(-c2cc(N)cc(NC(=O)OC(C)(C)C)c2)[nH]c1=O. The van der Waals surface area contributed by atoms with E-state index in [1.165, 1.54) is 6.20 Å². The van der Waals surface area contributed by atoms with Crippen molar-refractivity contribution in [2.24, 2.45) is 0 Å². The number of ether oxygens (including phenoxy) is 1. The Labute approximate surface area is 152 Å². The number of aromatic amines is 1. The van der Waals surface area contributed by atoms with Crippen molar-refractivity contribution in [3.8, 4) is 11.3 Å². The fourth-order valence-electron chi connectivity index (χ4n) is 2.23. The molecule has 1 amide bonds. The molecular weight excluding hydrogens is 334 g/mol. The molecule has 0 unspecified atom stereocenters. The van der Waals surface area contributed by atoms with E-state index in [-0.39, 0.29) is 17.4 Å². The van der Waals surface area contributed by atoms with E-state index < -0.39 is 11.7 Å². The van der Waals surface area contributed by atoms with Crippen LogP contribution in [0, 0.1) is 0 Å². The van der Waals surface area contributed by atoms with Gasteiger partial charge >= 0.3 is 6.09 Å². The Kier molecular flexibility index (Phi) is 5.54. The fraction of sp³-hybridized carbons (Fsp3) is 0.389. The van der Waals surface area contributed by atoms with Crippen molar-refractivity contribution < 1.29 is 9.53 Å². The summed E-state index contributed by atoms with van der Waals surface area (Å²) >= 11 is 0. The molecule has 0 saturated heterocycles. The molecule has 1 heterocycles. The number of amides is 1. The van der Waals surface area contributed by atoms with Crippen molar-refractivity contribution in [3.05, 3.63) is 34.7 Å². The zero-order chi connectivity index (χ0) is 19.5. The summed E-state index contributed by atoms with van der Waals surface area (Å²) in [5.41, 5.74) is 6.97. The van der Waals surface area contributed by atoms with Gasteiger partial charge in [-0.3, -0.25) is 10.1 Å². The van der Waals surface area contributed by atoms with Gasteiger partial charge in [0.05, 0.1) is 11.9 Å². The van der Waals surface area contributed by atoms with Gasteiger partial charge in [-0.25, -0.2) is 9.78 Å². The molecule has 2 aromatic rings. The number of carbonyl (C=O) groups is 1. The summed E-state index contributed by atoms with van der Waals surface area (Å²) in [4.78, 5) is 31.0. The quantitative estimate of drug-likeness (QED) is 0.622. The van der Waals surface area contributed by atoms with Crippen LogP contribution in [-0.4, -0.2) is 27.7 Å². The number of nitrogens with one attached hydrogen (secondary N) is 3. The third-order valence-electron chi connectivity index (χ3n) is 3.12. The topological polar surface area (TPSA) is 122 Å². The van der Waals surface area contributed by atoms with Crippen molar-refractivity contribution >= 4 is 23.3 Å². The van der Waals surface area contributed by atoms with Crippen LogP contribution in [-0.2, 0) is 4.74 Å². The molecule has 1 aromatic heterocycles. The smallest absolute Gasteiger partial charge is 0.412 e. The number of carbonyl (C=O) groups excluding carboxylic acids is 1. The Hall–Kier alpha value is -3.03. The lowest BCUT2D eigenvalue weighted by molar-refractivity contribution is 0.0636. The molecule has 0 saturated carbocycles. The number of H-pyrrole nitrogens is 1. The molecule has 0 aliphatic carbocycles. The predicted molar refractivity (Wildman–Crippen MR) is 103 cm³/mol. The van der Waals surface area contributed by atoms with E-state index >= 15 is 0 Å². The van der Waals surface area contributed by atoms with Gasteiger partial charge in [-0.2, -0.15) is 0 Å². The number of hydrogen-bond donors (Lipinski definition) is 4. The third kappa shape index (κ3) is 5.51. The summed E-state index contributed by atoms with van der Waals surface area (Å²) in [6, 6.07) is 5.06. The van der Waals surface area contributed by atoms with Crippen molar-refractivity contribution in [2.75, 3.05) is 16.4 Å². The van der Waals surface area contributed by atoms with Crippen molar-refractivity contribution in [1.29, 1.82) is 0 Å². The highest BCUT2D eigenvalue weighted by molar-refractivity contribution is 5.87. The summed E-state index contributed by atoms with van der Waals surface area (Å²) in [6.07, 6.45) is 0.954. The minimum Gasteiger partial charge on any atom is -0.444 e. The van der Waals surface area contributed by atoms with Crippen molar-refractivity contribution in [3.63, 3.8) is 0 Å². The first-order valence-corrected chi connectivity index (χ1v) is 8.30. The molecule has 140 valence electrons. The molecule has 0 bridgehead atoms. The Morgan fingerprint density at radius 1 is 1.27 bits per heavy atom. The van der Waals surface area contributed by atoms with Gasteiger partial charge in [0.2, 0.25) is 0 Å². The highest BCUT2D eigenvalue weighted by Crippen LogP contribution is 2.24. The van der Waals surface area contributed by atoms with E-state index in [0.717, 1.165) is 0 Å². The van der Waals surface area contributed by atoms with Crippen LogP contribution in [0.4, 0.5) is 22.0 Å². The van der Waals surface area contributed by atoms with Crippen LogP contribution in [0.1, 0.15) is 34.6 Å². The van der Waals surface area contributed by atoms with Gasteiger partial charge in [0.15, 0.2) is 5.82 Å². The number of nitrogens with two attached hydrogens (primary N) is 1. The summed E-state index contributed by atoms with van der Waals surface area (Å²) in [6.45, 7) is 9.17. The monoisotopic (exact) mass is 359 g/mol. The first kappa shape index (κ1) is 19.3. The average Bonchev–Trinajstić information content (AvgIpc) is 2.46. The van der Waals surface area contributed by atoms with E-state index in [0.29, 0.717) is 22.6 Å². The Bertz CT molecular complexity index is 853. The molecular formula is C18H25N5O3. The maximum atomic E-state index is 12.2. The van der Waals surface area contributed by atoms with Crippen molar-refractivity contribution in [2.45, 2.75) is 46.3 Å². The molecule has 0 spiro atoms. The fourth-order valence-corrected chi connectivity index (χ4v) is 2.23. The van der Waals surface area contributed by atoms with Crippen molar-refractivity contribution in [1.82, 2.24) is 9.97 Å². The summed E-state index contributed by atoms with van der Waals surface area (Å²) in [5.74, 6) is 0.250. The van der Waals surface area contributed by atoms with Crippen LogP contribution in [0.3, 0.4) is 0 Å². The average molecular weight is 359 g/mol. The van der Waals surface area contributed by atoms with Gasteiger partial charge in [0.25, 0.3) is 5.56 Å². The van der Waals surface area contributed by atoms with Crippen LogP contribution in [0.2, 0.25) is 0 Å². The molecule has 0 atom stereocenters. The minimum absolute atomic E-state index is 0.0893. The Morgan fingerprint density at radius 2 is 1.96 bits per heavy atom. The molecule has 0 aliphatic heterocycles. The van der Waals surface area contributed by atoms with Gasteiger partial charge in [0, 0.05) is 23.0 Å². The number of rotatable bonds is 4. The number of hydrogen-bond acceptors (Lipinski definition) is 6. The van der Waals surface area contributed by atoms with Gasteiger partial charge in [-0.1, -0.05) is 0 Å². The standard InChI is InChI=1S/C18H25N5O3/c1-10(2)21-15-16(24)23-14(9-20-15)11-6-12(19)8-13(7-11)22-17(25)26-18(3,4)5/h6-10H,19H2,1-5H3,(H,20,21)(H,22,25)(H,23,24). The highest BCUT2D eigenvalue weighted by Gasteiger charge is 2.16. The second kappa shape index (κ2) is 7.47. The largest absolute Gasteiger partial charge is 0.444 e. The number of aromatic nitrogens is 2. The zero-order valence-electron chi connectivity index (χ0n) is 15.6. The highest BCUT2D eigenvalue weighted by atomic mass is 16.6. The Morgan fingerprint density at radius 3 is 2.54 bits per heavy atom. The maximum Gasteiger partial charge on any atom is 0.412 e. The molecule has 1 aromatic carbocycles. The minimum atomic E-state index is -0.609. The van der Waals surface area contributed by atoms with E-state index in [1.807, 2.05) is 13.8 Å². The number of anilines is 3. The van der Waals surface area contributed by atoms with E-state index in [2.05, 4.69) is 20.6 Å². The molecule has 26 heavy (non-hydrogen) atoms. The first-order valence-electron chi connectivity index (χ1n) is 8.30. The van der Waals surface area contributed by atoms with Gasteiger partial charge in [0.1, 0.15) is 5.60 Å². The zero-order valence-corrected chi connectivity index (χ0v) is 15.6. The third-order valence-corrected chi connectivity index (χ3v) is 3.12. The lowest BCUT2D eigenvalue weighted by Crippen LogP contribution is -2.27. The molecule has 8 nitrogen and oxygen atoms in total. The number of benzene rings is 1. The molecule has 0 aliphatic rings. The van der Waals surface area contributed by atoms with E-state index in [9.17, 15) is 9.59 Å². The Balaban J connectivity index is 2.28. The van der Waals surface area contributed by atoms with Gasteiger partial charge in [-0.05, 0) is 52.8 Å². The van der Waals surface area contributed by atoms with Crippen LogP contribution in [0.25, 0.3) is 11.3 Å². The lowest BCUT2D eigenvalue weighted by atomic mass is 10.1. The van der Waals surface area contributed by atoms with E-state index in [1.54, 1.807) is 39.0 Å². The van der Waals surface area contributed by atoms with Crippen LogP contribution < -0.4 is 21.9 Å². The summed E-state index contributed by atoms with van der Waals surface area (Å²) in [7, 11) is 0. The lowest BCUT2D eigenvalue weighted by Gasteiger charge is -2.20. The molecule has 0 fully saturated rings. The second-order valence-corrected chi connectivity index (χ2v) is 7.24. The second-order valence-electron chi connectivity index (χ2n) is 7.24.